The Bertz CT molecular complexity index is 609. The van der Waals surface area contributed by atoms with Crippen LogP contribution in [0.1, 0.15) is 5.69 Å². The van der Waals surface area contributed by atoms with Crippen molar-refractivity contribution in [1.29, 1.82) is 0 Å². The first-order valence-electron chi connectivity index (χ1n) is 4.81. The minimum Gasteiger partial charge on any atom is -0.435 e. The molecule has 92 valence electrons. The van der Waals surface area contributed by atoms with Crippen LogP contribution in [0.3, 0.4) is 0 Å². The van der Waals surface area contributed by atoms with Gasteiger partial charge in [-0.15, -0.1) is 0 Å². The number of nitrogens with two attached hydrogens (primary N) is 1. The van der Waals surface area contributed by atoms with E-state index in [0.717, 1.165) is 6.07 Å². The predicted octanol–water partition coefficient (Wildman–Crippen LogP) is 2.70. The van der Waals surface area contributed by atoms with E-state index in [1.54, 1.807) is 0 Å². The van der Waals surface area contributed by atoms with Crippen molar-refractivity contribution in [2.24, 2.45) is 5.73 Å². The lowest BCUT2D eigenvalue weighted by Gasteiger charge is -2.09. The van der Waals surface area contributed by atoms with E-state index in [4.69, 9.17) is 34.3 Å². The monoisotopic (exact) mass is 283 g/mol. The average molecular weight is 284 g/mol. The SMILES string of the molecule is NC(=S)c1nccnc1Oc1ccc(F)cc1Cl. The summed E-state index contributed by atoms with van der Waals surface area (Å²) in [6.45, 7) is 0. The highest BCUT2D eigenvalue weighted by Gasteiger charge is 2.12. The van der Waals surface area contributed by atoms with Gasteiger partial charge in [-0.1, -0.05) is 23.8 Å². The van der Waals surface area contributed by atoms with Crippen LogP contribution < -0.4 is 10.5 Å². The van der Waals surface area contributed by atoms with Gasteiger partial charge in [0.15, 0.2) is 5.69 Å². The highest BCUT2D eigenvalue weighted by molar-refractivity contribution is 7.80. The maximum absolute atomic E-state index is 12.9. The van der Waals surface area contributed by atoms with Gasteiger partial charge in [-0.25, -0.2) is 14.4 Å². The van der Waals surface area contributed by atoms with E-state index in [9.17, 15) is 4.39 Å². The number of halogens is 2. The van der Waals surface area contributed by atoms with Crippen molar-refractivity contribution in [3.05, 3.63) is 47.1 Å². The molecule has 0 spiro atoms. The molecule has 0 aliphatic carbocycles. The van der Waals surface area contributed by atoms with Crippen LogP contribution in [0, 0.1) is 5.82 Å². The lowest BCUT2D eigenvalue weighted by atomic mass is 10.3. The van der Waals surface area contributed by atoms with Crippen molar-refractivity contribution in [3.63, 3.8) is 0 Å². The fraction of sp³-hybridized carbons (Fsp3) is 0. The maximum Gasteiger partial charge on any atom is 0.248 e. The van der Waals surface area contributed by atoms with Crippen molar-refractivity contribution in [2.45, 2.75) is 0 Å². The molecule has 0 fully saturated rings. The van der Waals surface area contributed by atoms with Gasteiger partial charge < -0.3 is 10.5 Å². The van der Waals surface area contributed by atoms with Crippen LogP contribution in [0.15, 0.2) is 30.6 Å². The summed E-state index contributed by atoms with van der Waals surface area (Å²) in [7, 11) is 0. The number of aromatic nitrogens is 2. The third-order valence-corrected chi connectivity index (χ3v) is 2.49. The second-order valence-electron chi connectivity index (χ2n) is 3.25. The molecule has 0 radical (unpaired) electrons. The van der Waals surface area contributed by atoms with Gasteiger partial charge in [0, 0.05) is 12.4 Å². The maximum atomic E-state index is 12.9. The largest absolute Gasteiger partial charge is 0.435 e. The molecule has 2 rings (SSSR count). The summed E-state index contributed by atoms with van der Waals surface area (Å²) in [6.07, 6.45) is 2.86. The Hall–Kier alpha value is -1.79. The van der Waals surface area contributed by atoms with Gasteiger partial charge in [0.2, 0.25) is 5.88 Å². The average Bonchev–Trinajstić information content (AvgIpc) is 2.33. The summed E-state index contributed by atoms with van der Waals surface area (Å²) in [5, 5.41) is 0.120. The Morgan fingerprint density at radius 1 is 1.33 bits per heavy atom. The van der Waals surface area contributed by atoms with Gasteiger partial charge in [-0.05, 0) is 18.2 Å². The van der Waals surface area contributed by atoms with Crippen molar-refractivity contribution >= 4 is 28.8 Å². The number of hydrogen-bond acceptors (Lipinski definition) is 4. The van der Waals surface area contributed by atoms with Gasteiger partial charge in [0.05, 0.1) is 5.02 Å². The molecule has 1 aromatic heterocycles. The Labute approximate surface area is 113 Å². The van der Waals surface area contributed by atoms with Gasteiger partial charge >= 0.3 is 0 Å². The fourth-order valence-corrected chi connectivity index (χ4v) is 1.58. The molecule has 0 aliphatic rings. The predicted molar refractivity (Wildman–Crippen MR) is 69.4 cm³/mol. The number of ether oxygens (including phenoxy) is 1. The first kappa shape index (κ1) is 12.7. The molecule has 18 heavy (non-hydrogen) atoms. The van der Waals surface area contributed by atoms with Crippen LogP contribution >= 0.6 is 23.8 Å². The summed E-state index contributed by atoms with van der Waals surface area (Å²) in [6, 6.07) is 3.74. The number of nitrogens with zero attached hydrogens (tertiary/aromatic N) is 2. The number of thiocarbonyl (C=S) groups is 1. The lowest BCUT2D eigenvalue weighted by molar-refractivity contribution is 0.457. The topological polar surface area (TPSA) is 61.0 Å². The second-order valence-corrected chi connectivity index (χ2v) is 4.10. The van der Waals surface area contributed by atoms with Crippen molar-refractivity contribution < 1.29 is 9.13 Å². The summed E-state index contributed by atoms with van der Waals surface area (Å²) in [5.41, 5.74) is 5.73. The third-order valence-electron chi connectivity index (χ3n) is 2.00. The van der Waals surface area contributed by atoms with Gasteiger partial charge in [0.25, 0.3) is 0 Å². The van der Waals surface area contributed by atoms with Gasteiger partial charge in [-0.2, -0.15) is 0 Å². The zero-order valence-electron chi connectivity index (χ0n) is 8.93. The van der Waals surface area contributed by atoms with E-state index in [1.807, 2.05) is 0 Å². The minimum atomic E-state index is -0.457. The van der Waals surface area contributed by atoms with E-state index in [1.165, 1.54) is 24.5 Å². The van der Waals surface area contributed by atoms with Crippen LogP contribution in [-0.2, 0) is 0 Å². The molecular formula is C11H7ClFN3OS. The highest BCUT2D eigenvalue weighted by Crippen LogP contribution is 2.29. The molecule has 0 bridgehead atoms. The Morgan fingerprint density at radius 3 is 2.72 bits per heavy atom. The molecule has 0 unspecified atom stereocenters. The van der Waals surface area contributed by atoms with Crippen LogP contribution in [-0.4, -0.2) is 15.0 Å². The molecule has 0 aliphatic heterocycles. The van der Waals surface area contributed by atoms with Crippen molar-refractivity contribution in [3.8, 4) is 11.6 Å². The Balaban J connectivity index is 2.37. The molecule has 4 nitrogen and oxygen atoms in total. The van der Waals surface area contributed by atoms with Crippen LogP contribution in [0.4, 0.5) is 4.39 Å². The zero-order chi connectivity index (χ0) is 13.1. The molecule has 1 aromatic carbocycles. The zero-order valence-corrected chi connectivity index (χ0v) is 10.5. The normalized spacial score (nSPS) is 10.1. The molecule has 1 heterocycles. The minimum absolute atomic E-state index is 0.0522. The first-order chi connectivity index (χ1) is 8.58. The molecule has 0 amide bonds. The lowest BCUT2D eigenvalue weighted by Crippen LogP contribution is -2.13. The van der Waals surface area contributed by atoms with Gasteiger partial charge in [0.1, 0.15) is 16.6 Å². The molecule has 0 atom stereocenters. The van der Waals surface area contributed by atoms with E-state index >= 15 is 0 Å². The third kappa shape index (κ3) is 2.72. The molecular weight excluding hydrogens is 277 g/mol. The molecule has 0 saturated heterocycles. The van der Waals surface area contributed by atoms with E-state index < -0.39 is 5.82 Å². The second kappa shape index (κ2) is 5.24. The summed E-state index contributed by atoms with van der Waals surface area (Å²) in [4.78, 5) is 7.96. The van der Waals surface area contributed by atoms with Crippen LogP contribution in [0.2, 0.25) is 5.02 Å². The van der Waals surface area contributed by atoms with E-state index in [-0.39, 0.29) is 27.3 Å². The number of hydrogen-bond donors (Lipinski definition) is 1. The van der Waals surface area contributed by atoms with Crippen LogP contribution in [0.5, 0.6) is 11.6 Å². The molecule has 7 heteroatoms. The molecule has 0 saturated carbocycles. The fourth-order valence-electron chi connectivity index (χ4n) is 1.23. The van der Waals surface area contributed by atoms with Crippen molar-refractivity contribution in [1.82, 2.24) is 9.97 Å². The smallest absolute Gasteiger partial charge is 0.248 e. The first-order valence-corrected chi connectivity index (χ1v) is 5.60. The van der Waals surface area contributed by atoms with E-state index in [0.29, 0.717) is 0 Å². The Kier molecular flexibility index (Phi) is 3.69. The van der Waals surface area contributed by atoms with E-state index in [2.05, 4.69) is 9.97 Å². The number of benzene rings is 1. The Morgan fingerprint density at radius 2 is 2.06 bits per heavy atom. The summed E-state index contributed by atoms with van der Waals surface area (Å²) in [5.74, 6) is -0.0874. The molecule has 2 aromatic rings. The van der Waals surface area contributed by atoms with Crippen LogP contribution in [0.25, 0.3) is 0 Å². The quantitative estimate of drug-likeness (QED) is 0.878. The molecule has 2 N–H and O–H groups in total. The summed E-state index contributed by atoms with van der Waals surface area (Å²) < 4.78 is 18.3. The van der Waals surface area contributed by atoms with Gasteiger partial charge in [-0.3, -0.25) is 0 Å². The summed E-state index contributed by atoms with van der Waals surface area (Å²) >= 11 is 10.7. The standard InChI is InChI=1S/C11H7ClFN3OS/c12-7-5-6(13)1-2-8(7)17-11-9(10(14)18)15-3-4-16-11/h1-5H,(H2,14,18). The van der Waals surface area contributed by atoms with Crippen molar-refractivity contribution in [2.75, 3.05) is 0 Å². The number of rotatable bonds is 3. The highest BCUT2D eigenvalue weighted by atomic mass is 35.5.